The molecule has 1 atom stereocenters. The Balaban J connectivity index is 2.12. The van der Waals surface area contributed by atoms with Gasteiger partial charge in [-0.2, -0.15) is 0 Å². The summed E-state index contributed by atoms with van der Waals surface area (Å²) in [6.45, 7) is 2.29. The summed E-state index contributed by atoms with van der Waals surface area (Å²) in [5.74, 6) is 1.55. The first-order valence-electron chi connectivity index (χ1n) is 5.29. The first-order valence-corrected chi connectivity index (χ1v) is 6.62. The van der Waals surface area contributed by atoms with Crippen molar-refractivity contribution in [3.05, 3.63) is 28.5 Å². The minimum absolute atomic E-state index is 0.254. The molecule has 1 heterocycles. The minimum Gasteiger partial charge on any atom is -0.263 e. The van der Waals surface area contributed by atoms with Crippen LogP contribution in [0.15, 0.2) is 22.9 Å². The van der Waals surface area contributed by atoms with Gasteiger partial charge in [0.2, 0.25) is 0 Å². The Morgan fingerprint density at radius 2 is 2.27 bits per heavy atom. The van der Waals surface area contributed by atoms with Gasteiger partial charge in [-0.05, 0) is 58.2 Å². The van der Waals surface area contributed by atoms with Gasteiger partial charge in [-0.3, -0.25) is 4.98 Å². The summed E-state index contributed by atoms with van der Waals surface area (Å²) in [5.41, 5.74) is 1.53. The molecule has 82 valence electrons. The van der Waals surface area contributed by atoms with Crippen molar-refractivity contribution in [2.75, 3.05) is 5.88 Å². The maximum atomic E-state index is 6.10. The summed E-state index contributed by atoms with van der Waals surface area (Å²) in [6, 6.07) is 2.14. The number of alkyl halides is 1. The fourth-order valence-corrected chi connectivity index (χ4v) is 2.82. The smallest absolute Gasteiger partial charge is 0.0410 e. The van der Waals surface area contributed by atoms with E-state index in [0.717, 1.165) is 22.7 Å². The van der Waals surface area contributed by atoms with Gasteiger partial charge in [-0.1, -0.05) is 6.92 Å². The van der Waals surface area contributed by atoms with Crippen LogP contribution in [0.5, 0.6) is 0 Å². The molecular weight excluding hydrogens is 273 g/mol. The summed E-state index contributed by atoms with van der Waals surface area (Å²) in [4.78, 5) is 4.19. The second kappa shape index (κ2) is 4.42. The van der Waals surface area contributed by atoms with Crippen molar-refractivity contribution in [3.8, 4) is 0 Å². The van der Waals surface area contributed by atoms with Gasteiger partial charge in [0.1, 0.15) is 0 Å². The number of nitrogens with zero attached hydrogens (tertiary/aromatic N) is 1. The lowest BCUT2D eigenvalue weighted by atomic mass is 9.81. The number of aromatic nitrogens is 1. The topological polar surface area (TPSA) is 12.9 Å². The maximum Gasteiger partial charge on any atom is 0.0410 e. The second-order valence-electron chi connectivity index (χ2n) is 4.75. The predicted molar refractivity (Wildman–Crippen MR) is 67.2 cm³/mol. The number of hydrogen-bond acceptors (Lipinski definition) is 1. The minimum atomic E-state index is 0.254. The lowest BCUT2D eigenvalue weighted by Crippen LogP contribution is -2.24. The van der Waals surface area contributed by atoms with Crippen LogP contribution in [0.2, 0.25) is 0 Å². The number of halogens is 2. The van der Waals surface area contributed by atoms with Crippen molar-refractivity contribution in [3.63, 3.8) is 0 Å². The van der Waals surface area contributed by atoms with Crippen LogP contribution >= 0.6 is 27.5 Å². The van der Waals surface area contributed by atoms with Gasteiger partial charge >= 0.3 is 0 Å². The molecule has 15 heavy (non-hydrogen) atoms. The molecular formula is C12H15BrClN. The molecule has 1 nitrogen and oxygen atoms in total. The third-order valence-corrected chi connectivity index (χ3v) is 4.28. The number of pyridine rings is 1. The normalized spacial score (nSPS) is 19.9. The quantitative estimate of drug-likeness (QED) is 0.762. The summed E-state index contributed by atoms with van der Waals surface area (Å²) in [6.07, 6.45) is 7.47. The summed E-state index contributed by atoms with van der Waals surface area (Å²) in [7, 11) is 0. The van der Waals surface area contributed by atoms with E-state index in [2.05, 4.69) is 33.9 Å². The molecule has 0 bridgehead atoms. The molecule has 1 aliphatic rings. The number of hydrogen-bond donors (Lipinski definition) is 0. The molecule has 1 unspecified atom stereocenters. The summed E-state index contributed by atoms with van der Waals surface area (Å²) >= 11 is 9.55. The highest BCUT2D eigenvalue weighted by Gasteiger charge is 2.40. The molecule has 0 spiro atoms. The maximum absolute atomic E-state index is 6.10. The summed E-state index contributed by atoms with van der Waals surface area (Å²) in [5, 5.41) is 0. The number of rotatable bonds is 4. The highest BCUT2D eigenvalue weighted by molar-refractivity contribution is 9.10. The monoisotopic (exact) mass is 287 g/mol. The molecule has 0 radical (unpaired) electrons. The Hall–Kier alpha value is -0.0800. The van der Waals surface area contributed by atoms with Gasteiger partial charge in [0.05, 0.1) is 0 Å². The Morgan fingerprint density at radius 3 is 2.80 bits per heavy atom. The van der Waals surface area contributed by atoms with Crippen LogP contribution in [0.1, 0.15) is 25.3 Å². The molecule has 1 fully saturated rings. The van der Waals surface area contributed by atoms with Crippen LogP contribution in [0.3, 0.4) is 0 Å². The SMILES string of the molecule is CC(CCl)(Cc1cncc(Br)c1)C1CC1. The van der Waals surface area contributed by atoms with E-state index in [4.69, 9.17) is 11.6 Å². The van der Waals surface area contributed by atoms with Crippen LogP contribution in [-0.2, 0) is 6.42 Å². The molecule has 0 saturated heterocycles. The zero-order valence-electron chi connectivity index (χ0n) is 8.84. The molecule has 2 rings (SSSR count). The lowest BCUT2D eigenvalue weighted by molar-refractivity contribution is 0.313. The van der Waals surface area contributed by atoms with Crippen molar-refractivity contribution >= 4 is 27.5 Å². The van der Waals surface area contributed by atoms with Gasteiger partial charge in [0.25, 0.3) is 0 Å². The second-order valence-corrected chi connectivity index (χ2v) is 5.93. The Labute approximate surface area is 104 Å². The van der Waals surface area contributed by atoms with Crippen LogP contribution in [0.4, 0.5) is 0 Å². The van der Waals surface area contributed by atoms with E-state index in [-0.39, 0.29) is 5.41 Å². The fraction of sp³-hybridized carbons (Fsp3) is 0.583. The third-order valence-electron chi connectivity index (χ3n) is 3.24. The molecule has 1 saturated carbocycles. The lowest BCUT2D eigenvalue weighted by Gasteiger charge is -2.27. The molecule has 0 aliphatic heterocycles. The standard InChI is InChI=1S/C12H15BrClN/c1-12(8-14,10-2-3-10)5-9-4-11(13)7-15-6-9/h4,6-7,10H,2-3,5,8H2,1H3. The highest BCUT2D eigenvalue weighted by Crippen LogP contribution is 2.48. The fourth-order valence-electron chi connectivity index (χ4n) is 2.10. The largest absolute Gasteiger partial charge is 0.263 e. The van der Waals surface area contributed by atoms with E-state index in [9.17, 15) is 0 Å². The molecule has 0 N–H and O–H groups in total. The average molecular weight is 289 g/mol. The van der Waals surface area contributed by atoms with E-state index >= 15 is 0 Å². The van der Waals surface area contributed by atoms with Crippen molar-refractivity contribution in [1.29, 1.82) is 0 Å². The van der Waals surface area contributed by atoms with Gasteiger partial charge < -0.3 is 0 Å². The van der Waals surface area contributed by atoms with Gasteiger partial charge in [-0.15, -0.1) is 11.6 Å². The highest BCUT2D eigenvalue weighted by atomic mass is 79.9. The van der Waals surface area contributed by atoms with E-state index in [1.165, 1.54) is 18.4 Å². The average Bonchev–Trinajstić information content (AvgIpc) is 3.01. The first-order chi connectivity index (χ1) is 7.14. The molecule has 1 aromatic heterocycles. The molecule has 0 aromatic carbocycles. The van der Waals surface area contributed by atoms with Crippen molar-refractivity contribution in [2.24, 2.45) is 11.3 Å². The zero-order chi connectivity index (χ0) is 10.9. The van der Waals surface area contributed by atoms with Crippen molar-refractivity contribution in [1.82, 2.24) is 4.98 Å². The molecule has 1 aliphatic carbocycles. The van der Waals surface area contributed by atoms with Crippen LogP contribution in [0.25, 0.3) is 0 Å². The Kier molecular flexibility index (Phi) is 3.36. The molecule has 0 amide bonds. The van der Waals surface area contributed by atoms with Crippen molar-refractivity contribution < 1.29 is 0 Å². The Morgan fingerprint density at radius 1 is 1.53 bits per heavy atom. The van der Waals surface area contributed by atoms with Crippen LogP contribution in [-0.4, -0.2) is 10.9 Å². The third kappa shape index (κ3) is 2.73. The first kappa shape index (κ1) is 11.4. The van der Waals surface area contributed by atoms with Crippen LogP contribution in [0, 0.1) is 11.3 Å². The van der Waals surface area contributed by atoms with Gasteiger partial charge in [-0.25, -0.2) is 0 Å². The van der Waals surface area contributed by atoms with E-state index in [1.807, 2.05) is 12.4 Å². The Bertz CT molecular complexity index is 351. The van der Waals surface area contributed by atoms with E-state index in [0.29, 0.717) is 0 Å². The van der Waals surface area contributed by atoms with Crippen LogP contribution < -0.4 is 0 Å². The molecule has 3 heteroatoms. The predicted octanol–water partition coefficient (Wildman–Crippen LogP) is 4.04. The van der Waals surface area contributed by atoms with Crippen molar-refractivity contribution in [2.45, 2.75) is 26.2 Å². The van der Waals surface area contributed by atoms with E-state index in [1.54, 1.807) is 0 Å². The zero-order valence-corrected chi connectivity index (χ0v) is 11.2. The van der Waals surface area contributed by atoms with Gasteiger partial charge in [0.15, 0.2) is 0 Å². The summed E-state index contributed by atoms with van der Waals surface area (Å²) < 4.78 is 1.05. The molecule has 1 aromatic rings. The van der Waals surface area contributed by atoms with E-state index < -0.39 is 0 Å². The van der Waals surface area contributed by atoms with Gasteiger partial charge in [0, 0.05) is 22.7 Å².